The van der Waals surface area contributed by atoms with Crippen LogP contribution in [-0.4, -0.2) is 30.1 Å². The van der Waals surface area contributed by atoms with Crippen molar-refractivity contribution in [1.82, 2.24) is 5.32 Å². The van der Waals surface area contributed by atoms with Crippen LogP contribution in [0.1, 0.15) is 20.7 Å². The zero-order chi connectivity index (χ0) is 22.1. The van der Waals surface area contributed by atoms with Crippen LogP contribution in [0.3, 0.4) is 0 Å². The lowest BCUT2D eigenvalue weighted by Crippen LogP contribution is -2.34. The highest BCUT2D eigenvalue weighted by Gasteiger charge is 2.12. The SMILES string of the molecule is NC(=O)c1ccccc1NC(=S)NC(=O)c1cccc(OCCOc2ccccc2)c1. The molecule has 8 heteroatoms. The molecule has 0 saturated heterocycles. The third-order valence-electron chi connectivity index (χ3n) is 4.13. The molecule has 158 valence electrons. The fraction of sp³-hybridized carbons (Fsp3) is 0.0870. The second-order valence-electron chi connectivity index (χ2n) is 6.36. The van der Waals surface area contributed by atoms with Crippen molar-refractivity contribution in [2.45, 2.75) is 0 Å². The summed E-state index contributed by atoms with van der Waals surface area (Å²) in [5, 5.41) is 5.43. The van der Waals surface area contributed by atoms with E-state index in [0.717, 1.165) is 5.75 Å². The Morgan fingerprint density at radius 3 is 2.23 bits per heavy atom. The highest BCUT2D eigenvalue weighted by molar-refractivity contribution is 7.80. The molecule has 0 bridgehead atoms. The third kappa shape index (κ3) is 6.55. The Hall–Kier alpha value is -3.91. The van der Waals surface area contributed by atoms with Gasteiger partial charge in [0.1, 0.15) is 24.7 Å². The van der Waals surface area contributed by atoms with Crippen molar-refractivity contribution in [3.63, 3.8) is 0 Å². The summed E-state index contributed by atoms with van der Waals surface area (Å²) in [6, 6.07) is 22.8. The first-order chi connectivity index (χ1) is 15.0. The molecule has 0 saturated carbocycles. The third-order valence-corrected chi connectivity index (χ3v) is 4.33. The molecule has 3 aromatic rings. The van der Waals surface area contributed by atoms with Crippen LogP contribution in [0.2, 0.25) is 0 Å². The quantitative estimate of drug-likeness (QED) is 0.370. The highest BCUT2D eigenvalue weighted by Crippen LogP contribution is 2.16. The van der Waals surface area contributed by atoms with Gasteiger partial charge in [0, 0.05) is 5.56 Å². The number of amides is 2. The molecule has 0 aliphatic heterocycles. The number of nitrogens with one attached hydrogen (secondary N) is 2. The maximum Gasteiger partial charge on any atom is 0.257 e. The van der Waals surface area contributed by atoms with E-state index in [-0.39, 0.29) is 10.7 Å². The molecule has 0 aliphatic rings. The Morgan fingerprint density at radius 2 is 1.48 bits per heavy atom. The van der Waals surface area contributed by atoms with Crippen LogP contribution in [0.5, 0.6) is 11.5 Å². The second kappa shape index (κ2) is 10.7. The predicted octanol–water partition coefficient (Wildman–Crippen LogP) is 3.37. The topological polar surface area (TPSA) is 103 Å². The highest BCUT2D eigenvalue weighted by atomic mass is 32.1. The van der Waals surface area contributed by atoms with Crippen molar-refractivity contribution in [3.8, 4) is 11.5 Å². The average Bonchev–Trinajstić information content (AvgIpc) is 2.78. The fourth-order valence-corrected chi connectivity index (χ4v) is 2.90. The lowest BCUT2D eigenvalue weighted by atomic mass is 10.1. The number of rotatable bonds is 8. The lowest BCUT2D eigenvalue weighted by molar-refractivity contribution is 0.0975. The number of primary amides is 1. The molecule has 3 rings (SSSR count). The van der Waals surface area contributed by atoms with E-state index in [4.69, 9.17) is 27.4 Å². The Morgan fingerprint density at radius 1 is 0.839 bits per heavy atom. The van der Waals surface area contributed by atoms with E-state index in [2.05, 4.69) is 10.6 Å². The number of anilines is 1. The molecule has 0 spiro atoms. The number of carbonyl (C=O) groups excluding carboxylic acids is 2. The maximum atomic E-state index is 12.5. The molecule has 2 amide bonds. The van der Waals surface area contributed by atoms with Gasteiger partial charge in [-0.05, 0) is 54.7 Å². The number of ether oxygens (including phenoxy) is 2. The monoisotopic (exact) mass is 435 g/mol. The van der Waals surface area contributed by atoms with Crippen LogP contribution in [0.15, 0.2) is 78.9 Å². The zero-order valence-electron chi connectivity index (χ0n) is 16.5. The number of benzene rings is 3. The Balaban J connectivity index is 1.52. The van der Waals surface area contributed by atoms with Crippen LogP contribution in [0.4, 0.5) is 5.69 Å². The van der Waals surface area contributed by atoms with Crippen molar-refractivity contribution in [3.05, 3.63) is 90.0 Å². The van der Waals surface area contributed by atoms with Crippen LogP contribution >= 0.6 is 12.2 Å². The normalized spacial score (nSPS) is 10.1. The van der Waals surface area contributed by atoms with Gasteiger partial charge in [-0.25, -0.2) is 0 Å². The zero-order valence-corrected chi connectivity index (χ0v) is 17.4. The van der Waals surface area contributed by atoms with Crippen LogP contribution < -0.4 is 25.8 Å². The summed E-state index contributed by atoms with van der Waals surface area (Å²) in [6.07, 6.45) is 0. The summed E-state index contributed by atoms with van der Waals surface area (Å²) >= 11 is 5.18. The first-order valence-electron chi connectivity index (χ1n) is 9.45. The van der Waals surface area contributed by atoms with Gasteiger partial charge in [-0.15, -0.1) is 0 Å². The number of hydrogen-bond acceptors (Lipinski definition) is 5. The van der Waals surface area contributed by atoms with Crippen LogP contribution in [0.25, 0.3) is 0 Å². The van der Waals surface area contributed by atoms with E-state index < -0.39 is 11.8 Å². The second-order valence-corrected chi connectivity index (χ2v) is 6.76. The Bertz CT molecular complexity index is 1070. The van der Waals surface area contributed by atoms with Gasteiger partial charge in [0.2, 0.25) is 0 Å². The largest absolute Gasteiger partial charge is 0.490 e. The molecular weight excluding hydrogens is 414 g/mol. The molecular formula is C23H21N3O4S. The number of para-hydroxylation sites is 2. The summed E-state index contributed by atoms with van der Waals surface area (Å²) < 4.78 is 11.2. The molecule has 0 aliphatic carbocycles. The first-order valence-corrected chi connectivity index (χ1v) is 9.85. The predicted molar refractivity (Wildman–Crippen MR) is 123 cm³/mol. The molecule has 0 heterocycles. The summed E-state index contributed by atoms with van der Waals surface area (Å²) in [6.45, 7) is 0.692. The Labute approximate surface area is 185 Å². The van der Waals surface area contributed by atoms with E-state index in [1.54, 1.807) is 48.5 Å². The Kier molecular flexibility index (Phi) is 7.56. The van der Waals surface area contributed by atoms with Crippen LogP contribution in [-0.2, 0) is 0 Å². The van der Waals surface area contributed by atoms with E-state index in [0.29, 0.717) is 30.2 Å². The van der Waals surface area contributed by atoms with Crippen molar-refractivity contribution in [2.75, 3.05) is 18.5 Å². The maximum absolute atomic E-state index is 12.5. The summed E-state index contributed by atoms with van der Waals surface area (Å²) in [4.78, 5) is 24.0. The van der Waals surface area contributed by atoms with Crippen molar-refractivity contribution in [1.29, 1.82) is 0 Å². The van der Waals surface area contributed by atoms with Gasteiger partial charge >= 0.3 is 0 Å². The van der Waals surface area contributed by atoms with Gasteiger partial charge < -0.3 is 20.5 Å². The minimum Gasteiger partial charge on any atom is -0.490 e. The van der Waals surface area contributed by atoms with Gasteiger partial charge in [-0.2, -0.15) is 0 Å². The first kappa shape index (κ1) is 21.8. The molecule has 31 heavy (non-hydrogen) atoms. The number of thiocarbonyl (C=S) groups is 1. The van der Waals surface area contributed by atoms with E-state index in [1.807, 2.05) is 30.3 Å². The van der Waals surface area contributed by atoms with E-state index >= 15 is 0 Å². The van der Waals surface area contributed by atoms with Crippen LogP contribution in [0, 0.1) is 0 Å². The fourth-order valence-electron chi connectivity index (χ4n) is 2.70. The van der Waals surface area contributed by atoms with Crippen molar-refractivity contribution >= 4 is 34.8 Å². The molecule has 7 nitrogen and oxygen atoms in total. The molecule has 0 radical (unpaired) electrons. The average molecular weight is 436 g/mol. The standard InChI is InChI=1S/C23H21N3O4S/c24-21(27)19-11-4-5-12-20(19)25-23(31)26-22(28)16-7-6-10-18(15-16)30-14-13-29-17-8-2-1-3-9-17/h1-12,15H,13-14H2,(H2,24,27)(H2,25,26,28,31). The molecule has 0 unspecified atom stereocenters. The minimum absolute atomic E-state index is 0.0429. The number of carbonyl (C=O) groups is 2. The van der Waals surface area contributed by atoms with Crippen molar-refractivity contribution < 1.29 is 19.1 Å². The number of nitrogens with two attached hydrogens (primary N) is 1. The smallest absolute Gasteiger partial charge is 0.257 e. The molecule has 4 N–H and O–H groups in total. The van der Waals surface area contributed by atoms with Gasteiger partial charge in [-0.3, -0.25) is 14.9 Å². The van der Waals surface area contributed by atoms with Crippen molar-refractivity contribution in [2.24, 2.45) is 5.73 Å². The van der Waals surface area contributed by atoms with E-state index in [9.17, 15) is 9.59 Å². The van der Waals surface area contributed by atoms with Gasteiger partial charge in [-0.1, -0.05) is 36.4 Å². The lowest BCUT2D eigenvalue weighted by Gasteiger charge is -2.12. The molecule has 0 fully saturated rings. The van der Waals surface area contributed by atoms with Gasteiger partial charge in [0.25, 0.3) is 11.8 Å². The van der Waals surface area contributed by atoms with Gasteiger partial charge in [0.15, 0.2) is 5.11 Å². The van der Waals surface area contributed by atoms with Gasteiger partial charge in [0.05, 0.1) is 11.3 Å². The molecule has 3 aromatic carbocycles. The molecule has 0 atom stereocenters. The minimum atomic E-state index is -0.599. The summed E-state index contributed by atoms with van der Waals surface area (Å²) in [5.74, 6) is 0.277. The molecule has 0 aromatic heterocycles. The summed E-state index contributed by atoms with van der Waals surface area (Å²) in [7, 11) is 0. The number of hydrogen-bond donors (Lipinski definition) is 3. The van der Waals surface area contributed by atoms with E-state index in [1.165, 1.54) is 0 Å². The summed E-state index contributed by atoms with van der Waals surface area (Å²) in [5.41, 5.74) is 6.40.